The van der Waals surface area contributed by atoms with Crippen molar-refractivity contribution in [3.05, 3.63) is 82.0 Å². The van der Waals surface area contributed by atoms with Crippen molar-refractivity contribution in [3.8, 4) is 17.7 Å². The third-order valence-electron chi connectivity index (χ3n) is 7.00. The van der Waals surface area contributed by atoms with Gasteiger partial charge in [-0.1, -0.05) is 41.9 Å². The number of hydrogen-bond acceptors (Lipinski definition) is 7. The predicted octanol–water partition coefficient (Wildman–Crippen LogP) is 3.71. The zero-order chi connectivity index (χ0) is 24.3. The number of nitriles is 1. The van der Waals surface area contributed by atoms with E-state index in [0.717, 1.165) is 11.3 Å². The molecule has 2 aromatic carbocycles. The molecule has 0 bridgehead atoms. The first-order chi connectivity index (χ1) is 16.3. The maximum Gasteiger partial charge on any atom is 0.224 e. The maximum absolute atomic E-state index is 12.4. The Hall–Kier alpha value is -3.31. The lowest BCUT2D eigenvalue weighted by atomic mass is 9.71. The van der Waals surface area contributed by atoms with E-state index in [0.29, 0.717) is 16.9 Å². The zero-order valence-electron chi connectivity index (χ0n) is 19.0. The number of aromatic nitrogens is 1. The Labute approximate surface area is 202 Å². The lowest BCUT2D eigenvalue weighted by Crippen LogP contribution is -2.52. The second-order valence-electron chi connectivity index (χ2n) is 8.88. The molecule has 1 aliphatic heterocycles. The topological polar surface area (TPSA) is 98.8 Å². The van der Waals surface area contributed by atoms with Crippen LogP contribution in [0, 0.1) is 11.3 Å². The van der Waals surface area contributed by atoms with E-state index in [9.17, 15) is 15.5 Å². The summed E-state index contributed by atoms with van der Waals surface area (Å²) in [5, 5.41) is 33.4. The van der Waals surface area contributed by atoms with Crippen LogP contribution < -0.4 is 14.4 Å². The van der Waals surface area contributed by atoms with E-state index in [4.69, 9.17) is 21.1 Å². The highest BCUT2D eigenvalue weighted by Gasteiger charge is 2.74. The van der Waals surface area contributed by atoms with Gasteiger partial charge in [0.05, 0.1) is 30.4 Å². The average Bonchev–Trinajstić information content (AvgIpc) is 3.23. The Morgan fingerprint density at radius 3 is 2.56 bits per heavy atom. The number of pyridine rings is 1. The highest BCUT2D eigenvalue weighted by Crippen LogP contribution is 2.68. The molecule has 3 aromatic rings. The van der Waals surface area contributed by atoms with Gasteiger partial charge in [0, 0.05) is 31.8 Å². The fourth-order valence-corrected chi connectivity index (χ4v) is 5.78. The Morgan fingerprint density at radius 1 is 1.21 bits per heavy atom. The van der Waals surface area contributed by atoms with Gasteiger partial charge in [-0.05, 0) is 35.7 Å². The first-order valence-corrected chi connectivity index (χ1v) is 11.3. The van der Waals surface area contributed by atoms with Crippen LogP contribution in [0.1, 0.15) is 34.6 Å². The van der Waals surface area contributed by atoms with Gasteiger partial charge in [-0.15, -0.1) is 0 Å². The van der Waals surface area contributed by atoms with Crippen molar-refractivity contribution in [2.45, 2.75) is 29.6 Å². The van der Waals surface area contributed by atoms with Crippen molar-refractivity contribution in [3.63, 3.8) is 0 Å². The third kappa shape index (κ3) is 2.86. The molecule has 7 nitrogen and oxygen atoms in total. The zero-order valence-corrected chi connectivity index (χ0v) is 19.7. The summed E-state index contributed by atoms with van der Waals surface area (Å²) in [6.07, 6.45) is -0.964. The molecular weight excluding hydrogens is 454 g/mol. The molecule has 8 heteroatoms. The first kappa shape index (κ1) is 22.5. The van der Waals surface area contributed by atoms with Crippen LogP contribution in [0.4, 0.5) is 5.69 Å². The largest absolute Gasteiger partial charge is 0.481 e. The van der Waals surface area contributed by atoms with Gasteiger partial charge in [-0.25, -0.2) is 4.98 Å². The molecule has 1 aromatic heterocycles. The summed E-state index contributed by atoms with van der Waals surface area (Å²) >= 11 is 6.24. The van der Waals surface area contributed by atoms with Crippen molar-refractivity contribution in [1.82, 2.24) is 4.98 Å². The molecule has 2 N–H and O–H groups in total. The molecule has 0 unspecified atom stereocenters. The first-order valence-electron chi connectivity index (χ1n) is 10.9. The smallest absolute Gasteiger partial charge is 0.224 e. The fraction of sp³-hybridized carbons (Fsp3) is 0.308. The van der Waals surface area contributed by atoms with E-state index in [1.165, 1.54) is 13.2 Å². The number of ether oxygens (including phenoxy) is 2. The van der Waals surface area contributed by atoms with Crippen molar-refractivity contribution in [1.29, 1.82) is 5.26 Å². The molecule has 0 saturated heterocycles. The van der Waals surface area contributed by atoms with Gasteiger partial charge in [-0.3, -0.25) is 0 Å². The van der Waals surface area contributed by atoms with Crippen LogP contribution in [0.15, 0.2) is 54.6 Å². The Balaban J connectivity index is 1.84. The monoisotopic (exact) mass is 477 g/mol. The summed E-state index contributed by atoms with van der Waals surface area (Å²) in [7, 11) is 5.33. The highest BCUT2D eigenvalue weighted by atomic mass is 35.5. The molecule has 2 heterocycles. The van der Waals surface area contributed by atoms with Gasteiger partial charge in [0.1, 0.15) is 10.9 Å². The van der Waals surface area contributed by atoms with Gasteiger partial charge < -0.3 is 24.6 Å². The van der Waals surface area contributed by atoms with Gasteiger partial charge in [-0.2, -0.15) is 5.26 Å². The number of fused-ring (bicyclic) bond motifs is 3. The molecule has 4 atom stereocenters. The van der Waals surface area contributed by atoms with E-state index in [2.05, 4.69) is 11.1 Å². The molecule has 1 saturated carbocycles. The van der Waals surface area contributed by atoms with E-state index < -0.39 is 23.2 Å². The van der Waals surface area contributed by atoms with Crippen LogP contribution in [0.5, 0.6) is 11.6 Å². The number of aliphatic hydroxyl groups excluding tert-OH is 1. The lowest BCUT2D eigenvalue weighted by molar-refractivity contribution is -0.150. The molecule has 5 rings (SSSR count). The summed E-state index contributed by atoms with van der Waals surface area (Å²) in [5.74, 6) is -0.0502. The van der Waals surface area contributed by atoms with Crippen molar-refractivity contribution in [2.24, 2.45) is 0 Å². The number of rotatable bonds is 4. The number of anilines is 1. The van der Waals surface area contributed by atoms with Gasteiger partial charge in [0.25, 0.3) is 0 Å². The van der Waals surface area contributed by atoms with Gasteiger partial charge >= 0.3 is 0 Å². The summed E-state index contributed by atoms with van der Waals surface area (Å²) < 4.78 is 12.1. The Bertz CT molecular complexity index is 1310. The van der Waals surface area contributed by atoms with Crippen molar-refractivity contribution < 1.29 is 19.7 Å². The second-order valence-corrected chi connectivity index (χ2v) is 9.27. The molecule has 2 aliphatic rings. The van der Waals surface area contributed by atoms with Crippen LogP contribution in [0.3, 0.4) is 0 Å². The van der Waals surface area contributed by atoms with E-state index in [1.54, 1.807) is 24.3 Å². The second kappa shape index (κ2) is 7.88. The van der Waals surface area contributed by atoms with Crippen molar-refractivity contribution in [2.75, 3.05) is 26.1 Å². The molecule has 0 radical (unpaired) electrons. The van der Waals surface area contributed by atoms with E-state index in [-0.39, 0.29) is 23.0 Å². The molecule has 0 amide bonds. The molecule has 1 aliphatic carbocycles. The summed E-state index contributed by atoms with van der Waals surface area (Å²) in [5.41, 5.74) is -0.0833. The minimum Gasteiger partial charge on any atom is -0.481 e. The molecule has 0 spiro atoms. The minimum atomic E-state index is -1.89. The minimum absolute atomic E-state index is 0.0983. The quantitative estimate of drug-likeness (QED) is 0.553. The van der Waals surface area contributed by atoms with Crippen LogP contribution in [0.25, 0.3) is 0 Å². The number of para-hydroxylation sites is 1. The van der Waals surface area contributed by atoms with Crippen LogP contribution in [-0.2, 0) is 11.2 Å². The number of benzene rings is 2. The molecular formula is C26H24ClN3O4. The van der Waals surface area contributed by atoms with Crippen LogP contribution >= 0.6 is 11.6 Å². The number of aliphatic hydroxyl groups is 2. The van der Waals surface area contributed by atoms with Gasteiger partial charge in [0.15, 0.2) is 11.2 Å². The standard InChI is InChI=1S/C26H24ClN3O4/c1-30(2)19-7-5-4-6-17(19)18-12-21(31)25(32)23-20(13-22(27)29-24(23)33-3)34-26(18,25)16-10-8-15(14-28)9-11-16/h4-11,13,18,21,31-32H,12H2,1-3H3/t18-,21+,25+,26-/m0/s1. The van der Waals surface area contributed by atoms with Gasteiger partial charge in [0.2, 0.25) is 5.88 Å². The molecule has 1 fully saturated rings. The number of methoxy groups -OCH3 is 1. The highest BCUT2D eigenvalue weighted by molar-refractivity contribution is 6.29. The number of hydrogen-bond donors (Lipinski definition) is 2. The number of halogens is 1. The van der Waals surface area contributed by atoms with Crippen molar-refractivity contribution >= 4 is 17.3 Å². The summed E-state index contributed by atoms with van der Waals surface area (Å²) in [6, 6.07) is 18.4. The summed E-state index contributed by atoms with van der Waals surface area (Å²) in [6.45, 7) is 0. The lowest BCUT2D eigenvalue weighted by Gasteiger charge is -2.41. The summed E-state index contributed by atoms with van der Waals surface area (Å²) in [4.78, 5) is 6.23. The maximum atomic E-state index is 12.4. The SMILES string of the molecule is COc1nc(Cl)cc2c1[C@]1(O)[C@H](O)C[C@@H](c3ccccc3N(C)C)[C@]1(c1ccc(C#N)cc1)O2. The fourth-order valence-electron chi connectivity index (χ4n) is 5.61. The predicted molar refractivity (Wildman–Crippen MR) is 127 cm³/mol. The van der Waals surface area contributed by atoms with E-state index in [1.807, 2.05) is 43.3 Å². The molecule has 174 valence electrons. The Morgan fingerprint density at radius 2 is 1.91 bits per heavy atom. The molecule has 34 heavy (non-hydrogen) atoms. The van der Waals surface area contributed by atoms with Crippen LogP contribution in [0.2, 0.25) is 5.15 Å². The van der Waals surface area contributed by atoms with E-state index >= 15 is 0 Å². The number of nitrogens with zero attached hydrogens (tertiary/aromatic N) is 3. The normalized spacial score (nSPS) is 26.9. The third-order valence-corrected chi connectivity index (χ3v) is 7.19. The van der Waals surface area contributed by atoms with Crippen LogP contribution in [-0.4, -0.2) is 42.5 Å². The Kier molecular flexibility index (Phi) is 5.21. The average molecular weight is 478 g/mol.